The molecular formula is C15H17BrN2O2. The lowest BCUT2D eigenvalue weighted by Crippen LogP contribution is -2.16. The first-order valence-corrected chi connectivity index (χ1v) is 7.30. The number of rotatable bonds is 5. The van der Waals surface area contributed by atoms with E-state index in [0.29, 0.717) is 11.4 Å². The Balaban J connectivity index is 2.19. The number of carbonyl (C=O) groups excluding carboxylic acids is 1. The highest BCUT2D eigenvalue weighted by molar-refractivity contribution is 9.10. The summed E-state index contributed by atoms with van der Waals surface area (Å²) < 4.78 is 2.81. The van der Waals surface area contributed by atoms with Crippen LogP contribution in [0.1, 0.15) is 29.4 Å². The molecule has 0 aliphatic rings. The summed E-state index contributed by atoms with van der Waals surface area (Å²) in [5, 5.41) is 12.0. The summed E-state index contributed by atoms with van der Waals surface area (Å²) in [4.78, 5) is 12.3. The second-order valence-electron chi connectivity index (χ2n) is 4.55. The highest BCUT2D eigenvalue weighted by Gasteiger charge is 2.13. The Hall–Kier alpha value is -1.59. The number of aliphatic hydroxyl groups excluding tert-OH is 1. The van der Waals surface area contributed by atoms with Crippen molar-refractivity contribution >= 4 is 27.5 Å². The van der Waals surface area contributed by atoms with Crippen LogP contribution in [0.3, 0.4) is 0 Å². The minimum Gasteiger partial charge on any atom is -0.392 e. The van der Waals surface area contributed by atoms with Crippen molar-refractivity contribution in [1.29, 1.82) is 0 Å². The molecule has 1 aromatic carbocycles. The highest BCUT2D eigenvalue weighted by Crippen LogP contribution is 2.18. The second-order valence-corrected chi connectivity index (χ2v) is 5.47. The Bertz CT molecular complexity index is 608. The minimum absolute atomic E-state index is 0.0402. The van der Waals surface area contributed by atoms with Crippen LogP contribution in [0.25, 0.3) is 0 Å². The molecule has 2 N–H and O–H groups in total. The maximum Gasteiger partial charge on any atom is 0.272 e. The van der Waals surface area contributed by atoms with Crippen molar-refractivity contribution in [3.8, 4) is 0 Å². The fourth-order valence-electron chi connectivity index (χ4n) is 2.03. The summed E-state index contributed by atoms with van der Waals surface area (Å²) in [5.74, 6) is -0.153. The first-order valence-electron chi connectivity index (χ1n) is 6.51. The molecule has 20 heavy (non-hydrogen) atoms. The molecule has 1 amide bonds. The summed E-state index contributed by atoms with van der Waals surface area (Å²) in [5.41, 5.74) is 2.07. The van der Waals surface area contributed by atoms with Crippen LogP contribution in [-0.4, -0.2) is 15.6 Å². The van der Waals surface area contributed by atoms with E-state index in [9.17, 15) is 4.79 Å². The van der Waals surface area contributed by atoms with Crippen LogP contribution in [0, 0.1) is 0 Å². The number of carbonyl (C=O) groups is 1. The zero-order chi connectivity index (χ0) is 14.5. The number of nitrogens with one attached hydrogen (secondary N) is 1. The van der Waals surface area contributed by atoms with Gasteiger partial charge in [-0.15, -0.1) is 0 Å². The maximum atomic E-state index is 12.3. The molecule has 2 rings (SSSR count). The number of halogens is 1. The van der Waals surface area contributed by atoms with Gasteiger partial charge in [-0.1, -0.05) is 19.1 Å². The van der Waals surface area contributed by atoms with E-state index in [1.54, 1.807) is 18.2 Å². The second kappa shape index (κ2) is 6.72. The van der Waals surface area contributed by atoms with Crippen molar-refractivity contribution in [3.63, 3.8) is 0 Å². The van der Waals surface area contributed by atoms with Crippen LogP contribution in [0.5, 0.6) is 0 Å². The van der Waals surface area contributed by atoms with E-state index in [-0.39, 0.29) is 12.5 Å². The van der Waals surface area contributed by atoms with Crippen molar-refractivity contribution < 1.29 is 9.90 Å². The van der Waals surface area contributed by atoms with Crippen molar-refractivity contribution in [1.82, 2.24) is 4.57 Å². The first-order chi connectivity index (χ1) is 9.63. The molecule has 0 atom stereocenters. The number of hydrogen-bond donors (Lipinski definition) is 2. The van der Waals surface area contributed by atoms with Crippen molar-refractivity contribution in [3.05, 3.63) is 52.3 Å². The molecule has 0 spiro atoms. The summed E-state index contributed by atoms with van der Waals surface area (Å²) in [7, 11) is 0. The number of anilines is 1. The summed E-state index contributed by atoms with van der Waals surface area (Å²) in [6, 6.07) is 8.99. The summed E-state index contributed by atoms with van der Waals surface area (Å²) >= 11 is 3.40. The molecule has 2 aromatic rings. The van der Waals surface area contributed by atoms with E-state index in [0.717, 1.165) is 23.0 Å². The zero-order valence-corrected chi connectivity index (χ0v) is 12.9. The fourth-order valence-corrected chi connectivity index (χ4v) is 2.50. The first kappa shape index (κ1) is 14.8. The van der Waals surface area contributed by atoms with Gasteiger partial charge in [-0.05, 0) is 46.1 Å². The third-order valence-corrected chi connectivity index (χ3v) is 3.36. The normalized spacial score (nSPS) is 10.6. The predicted molar refractivity (Wildman–Crippen MR) is 82.7 cm³/mol. The Morgan fingerprint density at radius 3 is 2.90 bits per heavy atom. The van der Waals surface area contributed by atoms with Crippen LogP contribution in [0.15, 0.2) is 41.0 Å². The van der Waals surface area contributed by atoms with Crippen molar-refractivity contribution in [2.45, 2.75) is 26.5 Å². The summed E-state index contributed by atoms with van der Waals surface area (Å²) in [6.07, 6.45) is 2.87. The van der Waals surface area contributed by atoms with E-state index < -0.39 is 0 Å². The van der Waals surface area contributed by atoms with Gasteiger partial charge >= 0.3 is 0 Å². The van der Waals surface area contributed by atoms with Gasteiger partial charge in [0, 0.05) is 22.9 Å². The van der Waals surface area contributed by atoms with E-state index in [1.807, 2.05) is 22.9 Å². The molecule has 1 aromatic heterocycles. The molecule has 0 radical (unpaired) electrons. The Kier molecular flexibility index (Phi) is 4.98. The predicted octanol–water partition coefficient (Wildman–Crippen LogP) is 3.41. The fraction of sp³-hybridized carbons (Fsp3) is 0.267. The van der Waals surface area contributed by atoms with Gasteiger partial charge in [-0.2, -0.15) is 0 Å². The van der Waals surface area contributed by atoms with Crippen LogP contribution < -0.4 is 5.32 Å². The number of benzene rings is 1. The summed E-state index contributed by atoms with van der Waals surface area (Å²) in [6.45, 7) is 2.83. The monoisotopic (exact) mass is 336 g/mol. The van der Waals surface area contributed by atoms with Gasteiger partial charge in [0.15, 0.2) is 0 Å². The SMILES string of the molecule is CCCn1cc(Br)cc1C(=O)Nc1cccc(CO)c1. The van der Waals surface area contributed by atoms with Gasteiger partial charge < -0.3 is 15.0 Å². The molecule has 0 fully saturated rings. The molecule has 4 nitrogen and oxygen atoms in total. The molecule has 106 valence electrons. The van der Waals surface area contributed by atoms with E-state index >= 15 is 0 Å². The quantitative estimate of drug-likeness (QED) is 0.879. The highest BCUT2D eigenvalue weighted by atomic mass is 79.9. The van der Waals surface area contributed by atoms with Gasteiger partial charge in [0.2, 0.25) is 0 Å². The Morgan fingerprint density at radius 1 is 1.40 bits per heavy atom. The van der Waals surface area contributed by atoms with E-state index in [1.165, 1.54) is 0 Å². The van der Waals surface area contributed by atoms with E-state index in [2.05, 4.69) is 28.2 Å². The number of aryl methyl sites for hydroxylation is 1. The number of nitrogens with zero attached hydrogens (tertiary/aromatic N) is 1. The zero-order valence-electron chi connectivity index (χ0n) is 11.3. The molecule has 0 aliphatic heterocycles. The standard InChI is InChI=1S/C15H17BrN2O2/c1-2-6-18-9-12(16)8-14(18)15(20)17-13-5-3-4-11(7-13)10-19/h3-5,7-9,19H,2,6,10H2,1H3,(H,17,20). The molecule has 5 heteroatoms. The largest absolute Gasteiger partial charge is 0.392 e. The molecule has 0 aliphatic carbocycles. The van der Waals surface area contributed by atoms with E-state index in [4.69, 9.17) is 5.11 Å². The average Bonchev–Trinajstić information content (AvgIpc) is 2.80. The average molecular weight is 337 g/mol. The van der Waals surface area contributed by atoms with Gasteiger partial charge in [0.05, 0.1) is 6.61 Å². The van der Waals surface area contributed by atoms with Crippen molar-refractivity contribution in [2.24, 2.45) is 0 Å². The third-order valence-electron chi connectivity index (χ3n) is 2.93. The minimum atomic E-state index is -0.153. The van der Waals surface area contributed by atoms with Gasteiger partial charge in [0.1, 0.15) is 5.69 Å². The lowest BCUT2D eigenvalue weighted by atomic mass is 10.2. The topological polar surface area (TPSA) is 54.3 Å². The molecule has 0 saturated carbocycles. The van der Waals surface area contributed by atoms with Crippen LogP contribution in [0.4, 0.5) is 5.69 Å². The molecule has 0 bridgehead atoms. The lowest BCUT2D eigenvalue weighted by molar-refractivity contribution is 0.101. The van der Waals surface area contributed by atoms with Crippen LogP contribution in [-0.2, 0) is 13.2 Å². The smallest absolute Gasteiger partial charge is 0.272 e. The molecule has 0 saturated heterocycles. The van der Waals surface area contributed by atoms with Crippen molar-refractivity contribution in [2.75, 3.05) is 5.32 Å². The van der Waals surface area contributed by atoms with Crippen LogP contribution >= 0.6 is 15.9 Å². The number of hydrogen-bond acceptors (Lipinski definition) is 2. The molecule has 1 heterocycles. The molecule has 0 unspecified atom stereocenters. The Labute approximate surface area is 126 Å². The van der Waals surface area contributed by atoms with Gasteiger partial charge in [-0.25, -0.2) is 0 Å². The van der Waals surface area contributed by atoms with Gasteiger partial charge in [-0.3, -0.25) is 4.79 Å². The number of amides is 1. The van der Waals surface area contributed by atoms with Crippen LogP contribution in [0.2, 0.25) is 0 Å². The Morgan fingerprint density at radius 2 is 2.20 bits per heavy atom. The number of aliphatic hydroxyl groups is 1. The third kappa shape index (κ3) is 3.49. The lowest BCUT2D eigenvalue weighted by Gasteiger charge is -2.09. The van der Waals surface area contributed by atoms with Gasteiger partial charge in [0.25, 0.3) is 5.91 Å². The number of aromatic nitrogens is 1. The maximum absolute atomic E-state index is 12.3. The molecular weight excluding hydrogens is 320 g/mol.